The Balaban J connectivity index is 2.71. The van der Waals surface area contributed by atoms with Gasteiger partial charge in [-0.15, -0.1) is 0 Å². The van der Waals surface area contributed by atoms with Crippen molar-refractivity contribution in [1.29, 1.82) is 0 Å². The maximum absolute atomic E-state index is 11.1. The molecule has 0 aliphatic carbocycles. The molecule has 0 bridgehead atoms. The molecule has 2 N–H and O–H groups in total. The van der Waals surface area contributed by atoms with Crippen molar-refractivity contribution in [2.24, 2.45) is 5.73 Å². The number of rotatable bonds is 2. The molecule has 1 aliphatic heterocycles. The molecule has 0 unspecified atom stereocenters. The first-order valence-electron chi connectivity index (χ1n) is 5.31. The Hall–Kier alpha value is -1.07. The minimum Gasteiger partial charge on any atom is -0.486 e. The molecule has 5 heteroatoms. The Morgan fingerprint density at radius 3 is 2.47 bits per heavy atom. The van der Waals surface area contributed by atoms with Gasteiger partial charge in [-0.25, -0.2) is 0 Å². The summed E-state index contributed by atoms with van der Waals surface area (Å²) in [7, 11) is 0. The highest BCUT2D eigenvalue weighted by Gasteiger charge is 2.28. The van der Waals surface area contributed by atoms with E-state index in [1.807, 2.05) is 19.9 Å². The molecule has 0 fully saturated rings. The first-order valence-corrected chi connectivity index (χ1v) is 6.11. The summed E-state index contributed by atoms with van der Waals surface area (Å²) in [6, 6.07) is 1.82. The second-order valence-corrected chi connectivity index (χ2v) is 5.37. The van der Waals surface area contributed by atoms with E-state index in [4.69, 9.17) is 15.2 Å². The summed E-state index contributed by atoms with van der Waals surface area (Å²) in [6.45, 7) is 4.67. The molecule has 0 amide bonds. The summed E-state index contributed by atoms with van der Waals surface area (Å²) >= 11 is 3.36. The van der Waals surface area contributed by atoms with Crippen molar-refractivity contribution in [3.05, 3.63) is 21.7 Å². The van der Waals surface area contributed by atoms with Crippen molar-refractivity contribution >= 4 is 22.2 Å². The van der Waals surface area contributed by atoms with E-state index in [1.54, 1.807) is 0 Å². The van der Waals surface area contributed by atoms with E-state index in [2.05, 4.69) is 15.9 Å². The van der Waals surface area contributed by atoms with Gasteiger partial charge in [-0.1, -0.05) is 0 Å². The largest absolute Gasteiger partial charge is 0.486 e. The second kappa shape index (κ2) is 4.31. The van der Waals surface area contributed by atoms with Crippen molar-refractivity contribution in [3.8, 4) is 11.5 Å². The number of fused-ring (bicyclic) bond motifs is 1. The third-order valence-electron chi connectivity index (χ3n) is 2.61. The molecule has 0 spiro atoms. The molecule has 0 aromatic heterocycles. The van der Waals surface area contributed by atoms with Crippen molar-refractivity contribution in [3.63, 3.8) is 0 Å². The van der Waals surface area contributed by atoms with Gasteiger partial charge in [0.25, 0.3) is 0 Å². The molecule has 1 heterocycles. The predicted molar refractivity (Wildman–Crippen MR) is 67.7 cm³/mol. The van der Waals surface area contributed by atoms with Gasteiger partial charge in [0.1, 0.15) is 13.2 Å². The van der Waals surface area contributed by atoms with Gasteiger partial charge in [-0.3, -0.25) is 4.79 Å². The number of hydrogen-bond acceptors (Lipinski definition) is 4. The van der Waals surface area contributed by atoms with Crippen LogP contribution in [-0.2, 0) is 5.54 Å². The SMILES string of the molecule is CC(C)(N)c1cc(Br)c(C=O)c2c1OCCO2. The van der Waals surface area contributed by atoms with Gasteiger partial charge in [0.05, 0.1) is 5.56 Å². The van der Waals surface area contributed by atoms with E-state index >= 15 is 0 Å². The molecule has 1 aliphatic rings. The summed E-state index contributed by atoms with van der Waals surface area (Å²) in [4.78, 5) is 11.1. The van der Waals surface area contributed by atoms with E-state index < -0.39 is 5.54 Å². The first kappa shape index (κ1) is 12.4. The number of halogens is 1. The van der Waals surface area contributed by atoms with Crippen LogP contribution in [0.15, 0.2) is 10.5 Å². The van der Waals surface area contributed by atoms with Gasteiger partial charge in [-0.05, 0) is 35.8 Å². The van der Waals surface area contributed by atoms with E-state index in [-0.39, 0.29) is 0 Å². The van der Waals surface area contributed by atoms with Crippen molar-refractivity contribution < 1.29 is 14.3 Å². The number of nitrogens with two attached hydrogens (primary N) is 1. The second-order valence-electron chi connectivity index (χ2n) is 4.51. The zero-order chi connectivity index (χ0) is 12.6. The van der Waals surface area contributed by atoms with Crippen LogP contribution < -0.4 is 15.2 Å². The van der Waals surface area contributed by atoms with Crippen molar-refractivity contribution in [2.45, 2.75) is 19.4 Å². The average molecular weight is 300 g/mol. The Kier molecular flexibility index (Phi) is 3.14. The fourth-order valence-corrected chi connectivity index (χ4v) is 2.29. The molecule has 0 radical (unpaired) electrons. The number of hydrogen-bond donors (Lipinski definition) is 1. The molecule has 2 rings (SSSR count). The van der Waals surface area contributed by atoms with Gasteiger partial charge >= 0.3 is 0 Å². The Morgan fingerprint density at radius 2 is 1.94 bits per heavy atom. The fraction of sp³-hybridized carbons (Fsp3) is 0.417. The van der Waals surface area contributed by atoms with Crippen LogP contribution in [0.4, 0.5) is 0 Å². The summed E-state index contributed by atoms with van der Waals surface area (Å²) in [5.41, 5.74) is 6.82. The molecule has 1 aromatic carbocycles. The summed E-state index contributed by atoms with van der Waals surface area (Å²) < 4.78 is 11.8. The lowest BCUT2D eigenvalue weighted by molar-refractivity contribution is 0.111. The number of aldehydes is 1. The minimum atomic E-state index is -0.561. The van der Waals surface area contributed by atoms with Crippen molar-refractivity contribution in [1.82, 2.24) is 0 Å². The van der Waals surface area contributed by atoms with Crippen LogP contribution >= 0.6 is 15.9 Å². The van der Waals surface area contributed by atoms with Crippen LogP contribution in [0.1, 0.15) is 29.8 Å². The average Bonchev–Trinajstić information content (AvgIpc) is 2.27. The van der Waals surface area contributed by atoms with E-state index in [0.29, 0.717) is 34.7 Å². The third kappa shape index (κ3) is 2.17. The Labute approximate surface area is 108 Å². The summed E-state index contributed by atoms with van der Waals surface area (Å²) in [5.74, 6) is 1.06. The highest BCUT2D eigenvalue weighted by Crippen LogP contribution is 2.43. The lowest BCUT2D eigenvalue weighted by Gasteiger charge is -2.28. The summed E-state index contributed by atoms with van der Waals surface area (Å²) in [6.07, 6.45) is 0.755. The predicted octanol–water partition coefficient (Wildman–Crippen LogP) is 2.23. The normalized spacial score (nSPS) is 14.6. The number of benzene rings is 1. The van der Waals surface area contributed by atoms with Crippen molar-refractivity contribution in [2.75, 3.05) is 13.2 Å². The molecule has 0 saturated heterocycles. The standard InChI is InChI=1S/C12H14BrNO3/c1-12(2,14)8-5-9(13)7(6-15)10-11(8)17-4-3-16-10/h5-6H,3-4,14H2,1-2H3. The summed E-state index contributed by atoms with van der Waals surface area (Å²) in [5, 5.41) is 0. The van der Waals surface area contributed by atoms with Gasteiger partial charge in [-0.2, -0.15) is 0 Å². The molecule has 1 aromatic rings. The quantitative estimate of drug-likeness (QED) is 0.851. The van der Waals surface area contributed by atoms with Gasteiger partial charge in [0, 0.05) is 15.6 Å². The van der Waals surface area contributed by atoms with Crippen LogP contribution in [-0.4, -0.2) is 19.5 Å². The van der Waals surface area contributed by atoms with Crippen LogP contribution in [0, 0.1) is 0 Å². The first-order chi connectivity index (χ1) is 7.95. The Bertz CT molecular complexity index is 466. The molecule has 0 atom stereocenters. The number of carbonyl (C=O) groups excluding carboxylic acids is 1. The molecule has 0 saturated carbocycles. The Morgan fingerprint density at radius 1 is 1.35 bits per heavy atom. The molecule has 92 valence electrons. The maximum atomic E-state index is 11.1. The lowest BCUT2D eigenvalue weighted by atomic mass is 9.93. The lowest BCUT2D eigenvalue weighted by Crippen LogP contribution is -2.31. The highest BCUT2D eigenvalue weighted by molar-refractivity contribution is 9.10. The van der Waals surface area contributed by atoms with Gasteiger partial charge in [0.15, 0.2) is 17.8 Å². The molecule has 4 nitrogen and oxygen atoms in total. The zero-order valence-corrected chi connectivity index (χ0v) is 11.3. The van der Waals surface area contributed by atoms with Crippen LogP contribution in [0.5, 0.6) is 11.5 Å². The number of ether oxygens (including phenoxy) is 2. The number of carbonyl (C=O) groups is 1. The highest BCUT2D eigenvalue weighted by atomic mass is 79.9. The van der Waals surface area contributed by atoms with E-state index in [1.165, 1.54) is 0 Å². The maximum Gasteiger partial charge on any atom is 0.173 e. The third-order valence-corrected chi connectivity index (χ3v) is 3.27. The monoisotopic (exact) mass is 299 g/mol. The van der Waals surface area contributed by atoms with E-state index in [9.17, 15) is 4.79 Å². The zero-order valence-electron chi connectivity index (χ0n) is 9.75. The van der Waals surface area contributed by atoms with E-state index in [0.717, 1.165) is 11.8 Å². The van der Waals surface area contributed by atoms with Crippen LogP contribution in [0.2, 0.25) is 0 Å². The van der Waals surface area contributed by atoms with Crippen LogP contribution in [0.3, 0.4) is 0 Å². The fourth-order valence-electron chi connectivity index (χ4n) is 1.79. The molecular weight excluding hydrogens is 286 g/mol. The van der Waals surface area contributed by atoms with Gasteiger partial charge < -0.3 is 15.2 Å². The van der Waals surface area contributed by atoms with Gasteiger partial charge in [0.2, 0.25) is 0 Å². The minimum absolute atomic E-state index is 0.439. The van der Waals surface area contributed by atoms with Crippen LogP contribution in [0.25, 0.3) is 0 Å². The molecular formula is C12H14BrNO3. The topological polar surface area (TPSA) is 61.6 Å². The smallest absolute Gasteiger partial charge is 0.173 e. The molecule has 17 heavy (non-hydrogen) atoms.